The Balaban J connectivity index is 1.45. The molecule has 1 fully saturated rings. The number of nitrogens with one attached hydrogen (secondary N) is 1. The molecule has 2 aliphatic heterocycles. The Morgan fingerprint density at radius 1 is 1.16 bits per heavy atom. The number of nitrogens with zero attached hydrogens (tertiary/aromatic N) is 3. The fraction of sp³-hybridized carbons (Fsp3) is 0.500. The first kappa shape index (κ1) is 23.0. The number of carbonyl (C=O) groups is 1. The predicted molar refractivity (Wildman–Crippen MR) is 125 cm³/mol. The van der Waals surface area contributed by atoms with Crippen LogP contribution in [0.1, 0.15) is 43.9 Å². The molecular weight excluding hydrogens is 448 g/mol. The lowest BCUT2D eigenvalue weighted by Crippen LogP contribution is -2.35. The Hall–Kier alpha value is -2.17. The molecular formula is C22H28N4O4S2. The summed E-state index contributed by atoms with van der Waals surface area (Å²) in [4.78, 5) is 33.8. The third-order valence-electron chi connectivity index (χ3n) is 5.81. The van der Waals surface area contributed by atoms with Crippen LogP contribution in [-0.4, -0.2) is 54.0 Å². The summed E-state index contributed by atoms with van der Waals surface area (Å²) >= 11 is 1.21. The second-order valence-corrected chi connectivity index (χ2v) is 11.0. The van der Waals surface area contributed by atoms with Gasteiger partial charge in [0.15, 0.2) is 5.16 Å². The molecule has 0 aliphatic carbocycles. The van der Waals surface area contributed by atoms with Crippen LogP contribution in [0.5, 0.6) is 0 Å². The van der Waals surface area contributed by atoms with E-state index in [1.807, 2.05) is 6.92 Å². The van der Waals surface area contributed by atoms with Crippen molar-refractivity contribution in [2.45, 2.75) is 55.5 Å². The maximum absolute atomic E-state index is 13.0. The number of carbonyl (C=O) groups excluding carboxylic acids is 1. The van der Waals surface area contributed by atoms with Gasteiger partial charge in [-0.3, -0.25) is 9.59 Å². The second kappa shape index (κ2) is 9.76. The number of piperidine rings is 1. The molecule has 1 amide bonds. The number of aromatic amines is 1. The fourth-order valence-electron chi connectivity index (χ4n) is 4.20. The standard InChI is InChI=1S/C22H28N4O4S2/c1-2-6-17-14-20(27)24-22(23-17)31-15-21(28)26-12-9-16-13-18(7-8-19(16)26)32(29,30)25-10-4-3-5-11-25/h7-8,13-14H,2-6,9-12,15H2,1H3,(H,23,24,27). The molecule has 0 bridgehead atoms. The van der Waals surface area contributed by atoms with Gasteiger partial charge in [0, 0.05) is 37.1 Å². The summed E-state index contributed by atoms with van der Waals surface area (Å²) in [6, 6.07) is 6.55. The van der Waals surface area contributed by atoms with E-state index in [0.29, 0.717) is 42.5 Å². The van der Waals surface area contributed by atoms with Crippen LogP contribution in [-0.2, 0) is 27.7 Å². The van der Waals surface area contributed by atoms with Crippen molar-refractivity contribution in [1.82, 2.24) is 14.3 Å². The van der Waals surface area contributed by atoms with Gasteiger partial charge in [0.25, 0.3) is 5.56 Å². The summed E-state index contributed by atoms with van der Waals surface area (Å²) in [5.74, 6) is 0.0510. The van der Waals surface area contributed by atoms with Gasteiger partial charge in [-0.15, -0.1) is 0 Å². The van der Waals surface area contributed by atoms with Crippen LogP contribution in [0.4, 0.5) is 5.69 Å². The first-order chi connectivity index (χ1) is 15.4. The second-order valence-electron chi connectivity index (χ2n) is 8.13. The molecule has 1 saturated heterocycles. The van der Waals surface area contributed by atoms with Crippen molar-refractivity contribution >= 4 is 33.4 Å². The molecule has 8 nitrogen and oxygen atoms in total. The third kappa shape index (κ3) is 4.92. The van der Waals surface area contributed by atoms with E-state index in [-0.39, 0.29) is 17.2 Å². The van der Waals surface area contributed by atoms with Gasteiger partial charge in [0.1, 0.15) is 0 Å². The first-order valence-corrected chi connectivity index (χ1v) is 13.5. The zero-order valence-electron chi connectivity index (χ0n) is 18.2. The number of sulfonamides is 1. The van der Waals surface area contributed by atoms with Crippen LogP contribution < -0.4 is 10.5 Å². The number of aryl methyl sites for hydroxylation is 1. The van der Waals surface area contributed by atoms with E-state index in [0.717, 1.165) is 42.6 Å². The number of H-pyrrole nitrogens is 1. The molecule has 0 spiro atoms. The van der Waals surface area contributed by atoms with Gasteiger partial charge in [-0.05, 0) is 49.4 Å². The largest absolute Gasteiger partial charge is 0.311 e. The van der Waals surface area contributed by atoms with E-state index in [4.69, 9.17) is 0 Å². The molecule has 2 aromatic rings. The van der Waals surface area contributed by atoms with Crippen LogP contribution in [0.25, 0.3) is 0 Å². The average molecular weight is 477 g/mol. The highest BCUT2D eigenvalue weighted by atomic mass is 32.2. The lowest BCUT2D eigenvalue weighted by Gasteiger charge is -2.26. The summed E-state index contributed by atoms with van der Waals surface area (Å²) < 4.78 is 27.5. The summed E-state index contributed by atoms with van der Waals surface area (Å²) in [7, 11) is -3.50. The van der Waals surface area contributed by atoms with Crippen molar-refractivity contribution in [3.63, 3.8) is 0 Å². The number of hydrogen-bond acceptors (Lipinski definition) is 6. The molecule has 4 rings (SSSR count). The molecule has 1 aromatic carbocycles. The normalized spacial score (nSPS) is 16.8. The van der Waals surface area contributed by atoms with Crippen molar-refractivity contribution in [3.8, 4) is 0 Å². The highest BCUT2D eigenvalue weighted by Gasteiger charge is 2.30. The van der Waals surface area contributed by atoms with Gasteiger partial charge >= 0.3 is 0 Å². The number of anilines is 1. The summed E-state index contributed by atoms with van der Waals surface area (Å²) in [6.07, 6.45) is 5.08. The molecule has 2 aliphatic rings. The van der Waals surface area contributed by atoms with Crippen LogP contribution in [0, 0.1) is 0 Å². The van der Waals surface area contributed by atoms with E-state index in [1.54, 1.807) is 27.4 Å². The highest BCUT2D eigenvalue weighted by molar-refractivity contribution is 7.99. The number of aromatic nitrogens is 2. The van der Waals surface area contributed by atoms with Crippen LogP contribution in [0.15, 0.2) is 39.1 Å². The van der Waals surface area contributed by atoms with Crippen molar-refractivity contribution in [3.05, 3.63) is 45.9 Å². The van der Waals surface area contributed by atoms with E-state index in [1.165, 1.54) is 17.8 Å². The lowest BCUT2D eigenvalue weighted by molar-refractivity contribution is -0.116. The first-order valence-electron chi connectivity index (χ1n) is 11.0. The molecule has 0 radical (unpaired) electrons. The van der Waals surface area contributed by atoms with Crippen molar-refractivity contribution in [2.24, 2.45) is 0 Å². The van der Waals surface area contributed by atoms with Gasteiger partial charge in [-0.2, -0.15) is 4.31 Å². The van der Waals surface area contributed by atoms with E-state index in [9.17, 15) is 18.0 Å². The molecule has 32 heavy (non-hydrogen) atoms. The van der Waals surface area contributed by atoms with Crippen molar-refractivity contribution < 1.29 is 13.2 Å². The molecule has 1 N–H and O–H groups in total. The van der Waals surface area contributed by atoms with Gasteiger partial charge in [0.05, 0.1) is 10.6 Å². The minimum Gasteiger partial charge on any atom is -0.311 e. The number of hydrogen-bond donors (Lipinski definition) is 1. The van der Waals surface area contributed by atoms with Gasteiger partial charge < -0.3 is 9.88 Å². The van der Waals surface area contributed by atoms with E-state index in [2.05, 4.69) is 9.97 Å². The highest BCUT2D eigenvalue weighted by Crippen LogP contribution is 2.32. The Labute approximate surface area is 192 Å². The molecule has 0 atom stereocenters. The topological polar surface area (TPSA) is 103 Å². The predicted octanol–water partition coefficient (Wildman–Crippen LogP) is 2.58. The molecule has 0 unspecified atom stereocenters. The Morgan fingerprint density at radius 2 is 1.94 bits per heavy atom. The molecule has 1 aromatic heterocycles. The molecule has 3 heterocycles. The molecule has 10 heteroatoms. The molecule has 172 valence electrons. The number of fused-ring (bicyclic) bond motifs is 1. The zero-order chi connectivity index (χ0) is 22.7. The summed E-state index contributed by atoms with van der Waals surface area (Å²) in [5.41, 5.74) is 2.14. The Kier molecular flexibility index (Phi) is 7.02. The number of thioether (sulfide) groups is 1. The van der Waals surface area contributed by atoms with Crippen LogP contribution in [0.3, 0.4) is 0 Å². The number of rotatable bonds is 7. The van der Waals surface area contributed by atoms with Crippen LogP contribution in [0.2, 0.25) is 0 Å². The fourth-order valence-corrected chi connectivity index (χ4v) is 6.53. The maximum Gasteiger partial charge on any atom is 0.251 e. The zero-order valence-corrected chi connectivity index (χ0v) is 19.8. The number of benzene rings is 1. The quantitative estimate of drug-likeness (QED) is 0.487. The maximum atomic E-state index is 13.0. The van der Waals surface area contributed by atoms with Crippen molar-refractivity contribution in [2.75, 3.05) is 30.3 Å². The van der Waals surface area contributed by atoms with Gasteiger partial charge in [-0.25, -0.2) is 13.4 Å². The minimum atomic E-state index is -3.50. The van der Waals surface area contributed by atoms with Gasteiger partial charge in [0.2, 0.25) is 15.9 Å². The summed E-state index contributed by atoms with van der Waals surface area (Å²) in [6.45, 7) is 3.67. The van der Waals surface area contributed by atoms with E-state index < -0.39 is 10.0 Å². The number of amides is 1. The average Bonchev–Trinajstić information content (AvgIpc) is 3.21. The van der Waals surface area contributed by atoms with Crippen molar-refractivity contribution in [1.29, 1.82) is 0 Å². The van der Waals surface area contributed by atoms with Crippen LogP contribution >= 0.6 is 11.8 Å². The van der Waals surface area contributed by atoms with E-state index >= 15 is 0 Å². The SMILES string of the molecule is CCCc1cc(=O)[nH]c(SCC(=O)N2CCc3cc(S(=O)(=O)N4CCCCC4)ccc32)n1. The lowest BCUT2D eigenvalue weighted by atomic mass is 10.2. The summed E-state index contributed by atoms with van der Waals surface area (Å²) in [5, 5.41) is 0.441. The van der Waals surface area contributed by atoms with Gasteiger partial charge in [-0.1, -0.05) is 31.5 Å². The Bertz CT molecular complexity index is 1160. The smallest absolute Gasteiger partial charge is 0.251 e. The minimum absolute atomic E-state index is 0.0936. The molecule has 0 saturated carbocycles. The third-order valence-corrected chi connectivity index (χ3v) is 8.56. The Morgan fingerprint density at radius 3 is 2.69 bits per heavy atom. The monoisotopic (exact) mass is 476 g/mol.